The molecule has 13 heteroatoms. The summed E-state index contributed by atoms with van der Waals surface area (Å²) in [6.45, 7) is 4.77. The number of aliphatic carboxylic acids is 1. The summed E-state index contributed by atoms with van der Waals surface area (Å²) in [4.78, 5) is 54.2. The number of rotatable bonds is 7. The largest absolute Gasteiger partial charge is 0.480 e. The summed E-state index contributed by atoms with van der Waals surface area (Å²) in [5, 5.41) is 16.1. The number of para-hydroxylation sites is 1. The molecule has 2 heterocycles. The third kappa shape index (κ3) is 5.61. The number of benzene rings is 1. The normalized spacial score (nSPS) is 14.7. The number of carbonyl (C=O) groups excluding carboxylic acids is 3. The number of thiazole rings is 1. The summed E-state index contributed by atoms with van der Waals surface area (Å²) in [7, 11) is 0. The number of thioether (sulfide) groups is 1. The Morgan fingerprint density at radius 3 is 2.50 bits per heavy atom. The van der Waals surface area contributed by atoms with Crippen molar-refractivity contribution in [2.75, 3.05) is 23.8 Å². The number of ether oxygens (including phenoxy) is 1. The van der Waals surface area contributed by atoms with Crippen molar-refractivity contribution in [3.8, 4) is 0 Å². The number of hydrogen-bond donors (Lipinski definition) is 3. The first kappa shape index (κ1) is 25.3. The van der Waals surface area contributed by atoms with Crippen LogP contribution in [-0.2, 0) is 19.1 Å². The number of carbonyl (C=O) groups is 4. The van der Waals surface area contributed by atoms with Gasteiger partial charge in [-0.3, -0.25) is 19.8 Å². The molecule has 1 saturated heterocycles. The SMILES string of the molecule is CCOC(=O)C(=C1SC(=S)N(CC(=O)O)C1=O)c1csc(NC(=O)Nc2c(C)cccc2C)n1. The van der Waals surface area contributed by atoms with E-state index < -0.39 is 30.4 Å². The topological polar surface area (TPSA) is 138 Å². The van der Waals surface area contributed by atoms with Crippen LogP contribution in [0.15, 0.2) is 28.5 Å². The van der Waals surface area contributed by atoms with Crippen LogP contribution in [0.4, 0.5) is 15.6 Å². The van der Waals surface area contributed by atoms with Crippen molar-refractivity contribution in [2.45, 2.75) is 20.8 Å². The smallest absolute Gasteiger partial charge is 0.341 e. The van der Waals surface area contributed by atoms with E-state index in [0.29, 0.717) is 5.69 Å². The Labute approximate surface area is 208 Å². The van der Waals surface area contributed by atoms with Gasteiger partial charge in [-0.1, -0.05) is 42.2 Å². The number of anilines is 2. The molecule has 34 heavy (non-hydrogen) atoms. The predicted molar refractivity (Wildman–Crippen MR) is 134 cm³/mol. The lowest BCUT2D eigenvalue weighted by atomic mass is 10.1. The maximum atomic E-state index is 12.8. The summed E-state index contributed by atoms with van der Waals surface area (Å²) in [6, 6.07) is 5.10. The van der Waals surface area contributed by atoms with Crippen molar-refractivity contribution >= 4 is 79.9 Å². The monoisotopic (exact) mass is 520 g/mol. The number of hydrogen-bond acceptors (Lipinski definition) is 9. The van der Waals surface area contributed by atoms with Gasteiger partial charge in [0.25, 0.3) is 5.91 Å². The molecule has 1 aromatic heterocycles. The zero-order valence-corrected chi connectivity index (χ0v) is 20.8. The molecule has 2 aromatic rings. The highest BCUT2D eigenvalue weighted by atomic mass is 32.2. The molecule has 10 nitrogen and oxygen atoms in total. The molecule has 1 aromatic carbocycles. The number of carboxylic acid groups (broad SMARTS) is 1. The molecule has 0 spiro atoms. The fourth-order valence-corrected chi connectivity index (χ4v) is 5.05. The molecule has 3 rings (SSSR count). The van der Waals surface area contributed by atoms with Gasteiger partial charge in [0.05, 0.1) is 17.2 Å². The van der Waals surface area contributed by atoms with E-state index in [9.17, 15) is 19.2 Å². The second-order valence-electron chi connectivity index (χ2n) is 6.96. The molecule has 0 saturated carbocycles. The Morgan fingerprint density at radius 2 is 1.88 bits per heavy atom. The minimum atomic E-state index is -1.25. The van der Waals surface area contributed by atoms with Crippen molar-refractivity contribution in [1.82, 2.24) is 9.88 Å². The highest BCUT2D eigenvalue weighted by Crippen LogP contribution is 2.38. The second-order valence-corrected chi connectivity index (χ2v) is 9.46. The van der Waals surface area contributed by atoms with E-state index in [-0.39, 0.29) is 32.2 Å². The molecule has 178 valence electrons. The minimum absolute atomic E-state index is 0.00533. The van der Waals surface area contributed by atoms with Gasteiger partial charge in [-0.15, -0.1) is 11.3 Å². The lowest BCUT2D eigenvalue weighted by Crippen LogP contribution is -2.33. The number of urea groups is 1. The first-order chi connectivity index (χ1) is 16.1. The third-order valence-electron chi connectivity index (χ3n) is 4.55. The Balaban J connectivity index is 1.88. The highest BCUT2D eigenvalue weighted by Gasteiger charge is 2.38. The Hall–Kier alpha value is -3.29. The fourth-order valence-electron chi connectivity index (χ4n) is 3.04. The van der Waals surface area contributed by atoms with Gasteiger partial charge in [-0.05, 0) is 31.9 Å². The first-order valence-corrected chi connectivity index (χ1v) is 12.0. The Bertz CT molecular complexity index is 1200. The zero-order chi connectivity index (χ0) is 25.0. The van der Waals surface area contributed by atoms with E-state index >= 15 is 0 Å². The Morgan fingerprint density at radius 1 is 1.21 bits per heavy atom. The first-order valence-electron chi connectivity index (χ1n) is 9.89. The molecular formula is C21H20N4O6S3. The summed E-state index contributed by atoms with van der Waals surface area (Å²) in [5.74, 6) is -2.78. The molecule has 1 aliphatic heterocycles. The van der Waals surface area contributed by atoms with Gasteiger partial charge in [-0.2, -0.15) is 0 Å². The van der Waals surface area contributed by atoms with Gasteiger partial charge in [0, 0.05) is 11.1 Å². The molecule has 0 bridgehead atoms. The van der Waals surface area contributed by atoms with Crippen LogP contribution in [-0.4, -0.2) is 56.3 Å². The van der Waals surface area contributed by atoms with Crippen LogP contribution >= 0.6 is 35.3 Å². The lowest BCUT2D eigenvalue weighted by molar-refractivity contribution is -0.140. The second kappa shape index (κ2) is 10.8. The van der Waals surface area contributed by atoms with E-state index in [1.807, 2.05) is 32.0 Å². The van der Waals surface area contributed by atoms with Gasteiger partial charge in [0.15, 0.2) is 5.13 Å². The molecule has 0 radical (unpaired) electrons. The number of nitrogens with one attached hydrogen (secondary N) is 2. The molecule has 1 fully saturated rings. The number of aromatic nitrogens is 1. The summed E-state index contributed by atoms with van der Waals surface area (Å²) in [5.41, 5.74) is 2.41. The number of amides is 3. The third-order valence-corrected chi connectivity index (χ3v) is 6.76. The van der Waals surface area contributed by atoms with Crippen LogP contribution in [0.5, 0.6) is 0 Å². The van der Waals surface area contributed by atoms with Crippen LogP contribution < -0.4 is 10.6 Å². The lowest BCUT2D eigenvalue weighted by Gasteiger charge is -2.11. The van der Waals surface area contributed by atoms with Crippen molar-refractivity contribution in [1.29, 1.82) is 0 Å². The quantitative estimate of drug-likeness (QED) is 0.284. The van der Waals surface area contributed by atoms with Crippen molar-refractivity contribution in [3.05, 3.63) is 45.3 Å². The summed E-state index contributed by atoms with van der Waals surface area (Å²) in [6.07, 6.45) is 0. The van der Waals surface area contributed by atoms with Gasteiger partial charge < -0.3 is 15.2 Å². The number of esters is 1. The van der Waals surface area contributed by atoms with Crippen LogP contribution in [0.25, 0.3) is 5.57 Å². The van der Waals surface area contributed by atoms with Crippen LogP contribution in [0.1, 0.15) is 23.7 Å². The molecule has 0 atom stereocenters. The van der Waals surface area contributed by atoms with E-state index in [0.717, 1.165) is 39.1 Å². The molecule has 1 aliphatic rings. The molecule has 0 aliphatic carbocycles. The molecule has 0 unspecified atom stereocenters. The van der Waals surface area contributed by atoms with Gasteiger partial charge in [-0.25, -0.2) is 14.6 Å². The van der Waals surface area contributed by atoms with Crippen molar-refractivity contribution in [3.63, 3.8) is 0 Å². The maximum absolute atomic E-state index is 12.8. The highest BCUT2D eigenvalue weighted by molar-refractivity contribution is 8.26. The van der Waals surface area contributed by atoms with Gasteiger partial charge in [0.1, 0.15) is 16.4 Å². The van der Waals surface area contributed by atoms with Crippen molar-refractivity contribution in [2.24, 2.45) is 0 Å². The minimum Gasteiger partial charge on any atom is -0.480 e. The maximum Gasteiger partial charge on any atom is 0.341 e. The van der Waals surface area contributed by atoms with Crippen LogP contribution in [0.2, 0.25) is 0 Å². The fraction of sp³-hybridized carbons (Fsp3) is 0.238. The number of thiocarbonyl (C=S) groups is 1. The number of aryl methyl sites for hydroxylation is 2. The average Bonchev–Trinajstić information content (AvgIpc) is 3.31. The summed E-state index contributed by atoms with van der Waals surface area (Å²) < 4.78 is 5.10. The van der Waals surface area contributed by atoms with Gasteiger partial charge in [0.2, 0.25) is 0 Å². The van der Waals surface area contributed by atoms with Crippen LogP contribution in [0, 0.1) is 13.8 Å². The molecule has 3 N–H and O–H groups in total. The Kier molecular flexibility index (Phi) is 8.02. The van der Waals surface area contributed by atoms with E-state index in [4.69, 9.17) is 22.1 Å². The zero-order valence-electron chi connectivity index (χ0n) is 18.3. The molecule has 3 amide bonds. The summed E-state index contributed by atoms with van der Waals surface area (Å²) >= 11 is 6.96. The number of nitrogens with zero attached hydrogens (tertiary/aromatic N) is 2. The van der Waals surface area contributed by atoms with Crippen molar-refractivity contribution < 1.29 is 29.0 Å². The van der Waals surface area contributed by atoms with E-state index in [1.165, 1.54) is 5.38 Å². The predicted octanol–water partition coefficient (Wildman–Crippen LogP) is 3.62. The van der Waals surface area contributed by atoms with E-state index in [1.54, 1.807) is 6.92 Å². The van der Waals surface area contributed by atoms with E-state index in [2.05, 4.69) is 15.6 Å². The molecular weight excluding hydrogens is 500 g/mol. The average molecular weight is 521 g/mol. The number of carboxylic acids is 1. The van der Waals surface area contributed by atoms with Gasteiger partial charge >= 0.3 is 18.0 Å². The van der Waals surface area contributed by atoms with Crippen LogP contribution in [0.3, 0.4) is 0 Å². The standard InChI is InChI=1S/C21H20N4O6S3/c1-4-31-18(29)14(16-17(28)25(8-13(26)27)21(32)34-16)12-9-33-20(22-12)24-19(30)23-15-10(2)6-5-7-11(15)3/h5-7,9H,4,8H2,1-3H3,(H,26,27)(H2,22,23,24,30).